The van der Waals surface area contributed by atoms with E-state index in [1.165, 1.54) is 11.3 Å². The average molecular weight is 320 g/mol. The topological polar surface area (TPSA) is 65.2 Å². The Morgan fingerprint density at radius 3 is 3.05 bits per heavy atom. The molecule has 3 aromatic rings. The van der Waals surface area contributed by atoms with Crippen LogP contribution in [0.25, 0.3) is 10.6 Å². The lowest BCUT2D eigenvalue weighted by Gasteiger charge is -2.00. The maximum Gasteiger partial charge on any atom is 0.312 e. The Morgan fingerprint density at radius 2 is 2.33 bits per heavy atom. The number of ether oxygens (including phenoxy) is 1. The molecule has 0 aliphatic carbocycles. The molecule has 0 aromatic carbocycles. The predicted octanol–water partition coefficient (Wildman–Crippen LogP) is 3.45. The molecule has 0 saturated carbocycles. The molecule has 0 spiro atoms. The van der Waals surface area contributed by atoms with Crippen molar-refractivity contribution in [1.29, 1.82) is 0 Å². The summed E-state index contributed by atoms with van der Waals surface area (Å²) in [6.07, 6.45) is 0.160. The molecule has 0 unspecified atom stereocenters. The molecule has 0 amide bonds. The molecule has 0 saturated heterocycles. The average Bonchev–Trinajstić information content (AvgIpc) is 3.16. The van der Waals surface area contributed by atoms with Crippen LogP contribution in [-0.2, 0) is 22.6 Å². The van der Waals surface area contributed by atoms with Gasteiger partial charge in [-0.2, -0.15) is 11.3 Å². The van der Waals surface area contributed by atoms with Crippen LogP contribution in [0.3, 0.4) is 0 Å². The quantitative estimate of drug-likeness (QED) is 0.674. The molecule has 3 rings (SSSR count). The van der Waals surface area contributed by atoms with E-state index >= 15 is 0 Å². The van der Waals surface area contributed by atoms with Gasteiger partial charge in [0.2, 0.25) is 0 Å². The summed E-state index contributed by atoms with van der Waals surface area (Å²) in [5, 5.41) is 10.6. The van der Waals surface area contributed by atoms with Gasteiger partial charge in [-0.05, 0) is 18.4 Å². The van der Waals surface area contributed by atoms with Crippen molar-refractivity contribution in [2.75, 3.05) is 0 Å². The molecule has 0 atom stereocenters. The lowest BCUT2D eigenvalue weighted by atomic mass is 10.3. The van der Waals surface area contributed by atoms with Gasteiger partial charge in [-0.1, -0.05) is 5.16 Å². The summed E-state index contributed by atoms with van der Waals surface area (Å²) in [5.41, 5.74) is 2.57. The van der Waals surface area contributed by atoms with E-state index in [4.69, 9.17) is 9.26 Å². The minimum absolute atomic E-state index is 0.0984. The van der Waals surface area contributed by atoms with Gasteiger partial charge in [-0.15, -0.1) is 11.3 Å². The molecule has 3 aromatic heterocycles. The number of esters is 1. The lowest BCUT2D eigenvalue weighted by molar-refractivity contribution is -0.144. The van der Waals surface area contributed by atoms with Crippen LogP contribution in [-0.4, -0.2) is 16.1 Å². The third-order valence-electron chi connectivity index (χ3n) is 2.70. The fourth-order valence-corrected chi connectivity index (χ4v) is 3.27. The van der Waals surface area contributed by atoms with Gasteiger partial charge in [-0.3, -0.25) is 4.79 Å². The molecular formula is C14H12N2O3S2. The van der Waals surface area contributed by atoms with Gasteiger partial charge in [0.25, 0.3) is 0 Å². The number of carbonyl (C=O) groups is 1. The summed E-state index contributed by atoms with van der Waals surface area (Å²) in [7, 11) is 0. The lowest BCUT2D eigenvalue weighted by Crippen LogP contribution is -2.07. The highest BCUT2D eigenvalue weighted by molar-refractivity contribution is 7.14. The first-order chi connectivity index (χ1) is 10.2. The van der Waals surface area contributed by atoms with Gasteiger partial charge in [0.15, 0.2) is 12.4 Å². The van der Waals surface area contributed by atoms with Crippen LogP contribution >= 0.6 is 22.7 Å². The van der Waals surface area contributed by atoms with Crippen molar-refractivity contribution in [3.8, 4) is 10.6 Å². The summed E-state index contributed by atoms with van der Waals surface area (Å²) < 4.78 is 10.1. The molecule has 3 heterocycles. The number of thiazole rings is 1. The monoisotopic (exact) mass is 320 g/mol. The van der Waals surface area contributed by atoms with Crippen molar-refractivity contribution in [2.24, 2.45) is 0 Å². The number of thiophene rings is 1. The van der Waals surface area contributed by atoms with E-state index in [1.807, 2.05) is 29.1 Å². The number of hydrogen-bond donors (Lipinski definition) is 0. The van der Waals surface area contributed by atoms with Crippen molar-refractivity contribution in [3.05, 3.63) is 45.4 Å². The van der Waals surface area contributed by atoms with Crippen LogP contribution in [0.2, 0.25) is 0 Å². The predicted molar refractivity (Wildman–Crippen MR) is 80.2 cm³/mol. The summed E-state index contributed by atoms with van der Waals surface area (Å²) in [4.78, 5) is 16.2. The third kappa shape index (κ3) is 3.56. The zero-order chi connectivity index (χ0) is 14.7. The van der Waals surface area contributed by atoms with Crippen LogP contribution in [0.4, 0.5) is 0 Å². The van der Waals surface area contributed by atoms with E-state index in [9.17, 15) is 4.79 Å². The van der Waals surface area contributed by atoms with Crippen molar-refractivity contribution < 1.29 is 14.1 Å². The maximum absolute atomic E-state index is 11.8. The van der Waals surface area contributed by atoms with E-state index < -0.39 is 0 Å². The Kier molecular flexibility index (Phi) is 4.12. The molecule has 0 aliphatic rings. The minimum atomic E-state index is -0.328. The Bertz CT molecular complexity index is 731. The summed E-state index contributed by atoms with van der Waals surface area (Å²) in [6.45, 7) is 1.91. The summed E-state index contributed by atoms with van der Waals surface area (Å²) in [6, 6.07) is 3.75. The minimum Gasteiger partial charge on any atom is -0.457 e. The number of aryl methyl sites for hydroxylation is 1. The first-order valence-electron chi connectivity index (χ1n) is 6.25. The van der Waals surface area contributed by atoms with Crippen molar-refractivity contribution in [2.45, 2.75) is 20.0 Å². The molecule has 108 valence electrons. The van der Waals surface area contributed by atoms with E-state index in [2.05, 4.69) is 10.1 Å². The van der Waals surface area contributed by atoms with Gasteiger partial charge in [0.05, 0.1) is 17.8 Å². The van der Waals surface area contributed by atoms with Crippen LogP contribution in [0.5, 0.6) is 0 Å². The molecule has 21 heavy (non-hydrogen) atoms. The third-order valence-corrected chi connectivity index (χ3v) is 4.32. The molecule has 5 nitrogen and oxygen atoms in total. The second-order valence-electron chi connectivity index (χ2n) is 4.43. The molecule has 7 heteroatoms. The molecule has 0 aliphatic heterocycles. The highest BCUT2D eigenvalue weighted by Crippen LogP contribution is 2.25. The van der Waals surface area contributed by atoms with Gasteiger partial charge < -0.3 is 9.26 Å². The Balaban J connectivity index is 1.55. The largest absolute Gasteiger partial charge is 0.457 e. The first-order valence-corrected chi connectivity index (χ1v) is 8.08. The SMILES string of the molecule is Cc1cc(COC(=O)Cc2csc(-c3ccsc3)n2)on1. The Labute approximate surface area is 129 Å². The van der Waals surface area contributed by atoms with Crippen LogP contribution in [0.1, 0.15) is 17.1 Å². The first kappa shape index (κ1) is 14.0. The fraction of sp³-hybridized carbons (Fsp3) is 0.214. The smallest absolute Gasteiger partial charge is 0.312 e. The number of carbonyl (C=O) groups excluding carboxylic acids is 1. The fourth-order valence-electron chi connectivity index (χ4n) is 1.74. The van der Waals surface area contributed by atoms with Gasteiger partial charge in [0, 0.05) is 22.4 Å². The summed E-state index contributed by atoms with van der Waals surface area (Å²) in [5.74, 6) is 0.212. The van der Waals surface area contributed by atoms with E-state index in [0.29, 0.717) is 5.76 Å². The van der Waals surface area contributed by atoms with E-state index in [0.717, 1.165) is 22.0 Å². The standard InChI is InChI=1S/C14H12N2O3S2/c1-9-4-12(19-16-9)6-18-13(17)5-11-8-21-14(15-11)10-2-3-20-7-10/h2-4,7-8H,5-6H2,1H3. The second kappa shape index (κ2) is 6.19. The Morgan fingerprint density at radius 1 is 1.43 bits per heavy atom. The molecular weight excluding hydrogens is 308 g/mol. The van der Waals surface area contributed by atoms with Crippen LogP contribution < -0.4 is 0 Å². The van der Waals surface area contributed by atoms with Gasteiger partial charge >= 0.3 is 5.97 Å². The van der Waals surface area contributed by atoms with Crippen molar-refractivity contribution in [3.63, 3.8) is 0 Å². The van der Waals surface area contributed by atoms with Crippen molar-refractivity contribution in [1.82, 2.24) is 10.1 Å². The van der Waals surface area contributed by atoms with E-state index in [1.54, 1.807) is 17.4 Å². The highest BCUT2D eigenvalue weighted by atomic mass is 32.1. The number of aromatic nitrogens is 2. The van der Waals surface area contributed by atoms with Gasteiger partial charge in [-0.25, -0.2) is 4.98 Å². The highest BCUT2D eigenvalue weighted by Gasteiger charge is 2.11. The van der Waals surface area contributed by atoms with Crippen LogP contribution in [0.15, 0.2) is 32.8 Å². The van der Waals surface area contributed by atoms with Crippen LogP contribution in [0, 0.1) is 6.92 Å². The number of rotatable bonds is 5. The van der Waals surface area contributed by atoms with Crippen molar-refractivity contribution >= 4 is 28.6 Å². The molecule has 0 radical (unpaired) electrons. The maximum atomic E-state index is 11.8. The van der Waals surface area contributed by atoms with Gasteiger partial charge in [0.1, 0.15) is 5.01 Å². The number of nitrogens with zero attached hydrogens (tertiary/aromatic N) is 2. The number of hydrogen-bond acceptors (Lipinski definition) is 7. The Hall–Kier alpha value is -1.99. The molecule has 0 fully saturated rings. The summed E-state index contributed by atoms with van der Waals surface area (Å²) >= 11 is 3.15. The normalized spacial score (nSPS) is 10.7. The molecule has 0 N–H and O–H groups in total. The molecule has 0 bridgehead atoms. The zero-order valence-corrected chi connectivity index (χ0v) is 12.9. The van der Waals surface area contributed by atoms with E-state index in [-0.39, 0.29) is 19.0 Å². The second-order valence-corrected chi connectivity index (χ2v) is 6.07. The zero-order valence-electron chi connectivity index (χ0n) is 11.2.